The lowest BCUT2D eigenvalue weighted by Crippen LogP contribution is -2.53. The van der Waals surface area contributed by atoms with Crippen molar-refractivity contribution < 1.29 is 19.1 Å². The maximum Gasteiger partial charge on any atom is 0.270 e. The number of hydrogen-bond acceptors (Lipinski definition) is 5. The van der Waals surface area contributed by atoms with Crippen LogP contribution in [0.4, 0.5) is 5.69 Å². The maximum atomic E-state index is 12.9. The number of nitrogens with zero attached hydrogens (tertiary/aromatic N) is 2. The molecule has 2 amide bonds. The number of rotatable bonds is 8. The van der Waals surface area contributed by atoms with Gasteiger partial charge in [-0.15, -0.1) is 0 Å². The molecular formula is C24H31N3O4. The van der Waals surface area contributed by atoms with E-state index in [-0.39, 0.29) is 24.3 Å². The summed E-state index contributed by atoms with van der Waals surface area (Å²) in [6.45, 7) is 4.25. The minimum atomic E-state index is -0.963. The van der Waals surface area contributed by atoms with E-state index in [1.165, 1.54) is 0 Å². The molecule has 7 heteroatoms. The lowest BCUT2D eigenvalue weighted by atomic mass is 10.0. The fourth-order valence-corrected chi connectivity index (χ4v) is 3.68. The topological polar surface area (TPSA) is 71.1 Å². The molecule has 0 radical (unpaired) electrons. The van der Waals surface area contributed by atoms with Crippen LogP contribution in [0.2, 0.25) is 0 Å². The molecule has 0 aliphatic carbocycles. The smallest absolute Gasteiger partial charge is 0.270 e. The molecule has 0 saturated carbocycles. The Morgan fingerprint density at radius 2 is 1.84 bits per heavy atom. The molecule has 1 unspecified atom stereocenters. The molecule has 3 rings (SSSR count). The van der Waals surface area contributed by atoms with Gasteiger partial charge in [-0.05, 0) is 57.8 Å². The molecule has 0 bridgehead atoms. The van der Waals surface area contributed by atoms with Crippen LogP contribution in [0.25, 0.3) is 0 Å². The summed E-state index contributed by atoms with van der Waals surface area (Å²) >= 11 is 0. The number of nitrogens with one attached hydrogen (secondary N) is 1. The van der Waals surface area contributed by atoms with Gasteiger partial charge in [0.25, 0.3) is 5.91 Å². The number of carbonyl (C=O) groups is 2. The highest BCUT2D eigenvalue weighted by molar-refractivity contribution is 6.02. The largest absolute Gasteiger partial charge is 0.497 e. The summed E-state index contributed by atoms with van der Waals surface area (Å²) in [4.78, 5) is 29.2. The van der Waals surface area contributed by atoms with E-state index in [1.54, 1.807) is 25.9 Å². The molecule has 2 aromatic carbocycles. The number of likely N-dealkylation sites (N-methyl/N-ethyl adjacent to an activating group) is 1. The molecule has 0 fully saturated rings. The van der Waals surface area contributed by atoms with Crippen LogP contribution in [-0.4, -0.2) is 56.6 Å². The Bertz CT molecular complexity index is 925. The number of ether oxygens (including phenoxy) is 2. The Morgan fingerprint density at radius 3 is 2.48 bits per heavy atom. The summed E-state index contributed by atoms with van der Waals surface area (Å²) in [5.41, 5.74) is 0.823. The highest BCUT2D eigenvalue weighted by Gasteiger charge is 2.40. The van der Waals surface area contributed by atoms with E-state index in [1.807, 2.05) is 62.6 Å². The first-order chi connectivity index (χ1) is 14.7. The molecule has 7 nitrogen and oxygen atoms in total. The van der Waals surface area contributed by atoms with Gasteiger partial charge in [0.2, 0.25) is 5.91 Å². The second-order valence-corrected chi connectivity index (χ2v) is 8.34. The zero-order chi connectivity index (χ0) is 22.6. The van der Waals surface area contributed by atoms with Crippen molar-refractivity contribution in [1.29, 1.82) is 0 Å². The Labute approximate surface area is 183 Å². The van der Waals surface area contributed by atoms with Gasteiger partial charge in [-0.25, -0.2) is 0 Å². The fourth-order valence-electron chi connectivity index (χ4n) is 3.68. The minimum absolute atomic E-state index is 0.0273. The third-order valence-corrected chi connectivity index (χ3v) is 5.46. The molecule has 166 valence electrons. The van der Waals surface area contributed by atoms with Crippen LogP contribution in [0.1, 0.15) is 31.9 Å². The molecule has 1 aliphatic heterocycles. The molecule has 0 saturated heterocycles. The number of benzene rings is 2. The molecular weight excluding hydrogens is 394 g/mol. The van der Waals surface area contributed by atoms with E-state index in [9.17, 15) is 9.59 Å². The van der Waals surface area contributed by atoms with Crippen molar-refractivity contribution in [2.24, 2.45) is 0 Å². The molecule has 0 spiro atoms. The first-order valence-corrected chi connectivity index (χ1v) is 10.4. The highest BCUT2D eigenvalue weighted by atomic mass is 16.5. The van der Waals surface area contributed by atoms with Crippen LogP contribution in [0.15, 0.2) is 48.5 Å². The van der Waals surface area contributed by atoms with Crippen molar-refractivity contribution in [3.8, 4) is 11.5 Å². The summed E-state index contributed by atoms with van der Waals surface area (Å²) in [5, 5.41) is 3.01. The second kappa shape index (κ2) is 9.39. The van der Waals surface area contributed by atoms with Gasteiger partial charge in [-0.2, -0.15) is 0 Å². The Morgan fingerprint density at radius 1 is 1.16 bits per heavy atom. The summed E-state index contributed by atoms with van der Waals surface area (Å²) in [7, 11) is 5.59. The summed E-state index contributed by atoms with van der Waals surface area (Å²) in [6.07, 6.45) is 0.207. The number of carbonyl (C=O) groups excluding carboxylic acids is 2. The number of fused-ring (bicyclic) bond motifs is 1. The van der Waals surface area contributed by atoms with Crippen molar-refractivity contribution in [2.75, 3.05) is 39.2 Å². The molecule has 0 aromatic heterocycles. The van der Waals surface area contributed by atoms with Gasteiger partial charge >= 0.3 is 0 Å². The molecule has 1 heterocycles. The average Bonchev–Trinajstić information content (AvgIpc) is 2.74. The van der Waals surface area contributed by atoms with Crippen molar-refractivity contribution in [1.82, 2.24) is 10.2 Å². The predicted octanol–water partition coefficient (Wildman–Crippen LogP) is 3.01. The SMILES string of the molecule is COc1ccc(C(CNC(=O)CCN2C(=O)C(C)(C)Oc3ccccc32)N(C)C)cc1. The lowest BCUT2D eigenvalue weighted by Gasteiger charge is -2.38. The molecule has 1 aliphatic rings. The summed E-state index contributed by atoms with van der Waals surface area (Å²) in [6, 6.07) is 15.3. The van der Waals surface area contributed by atoms with E-state index in [2.05, 4.69) is 10.2 Å². The van der Waals surface area contributed by atoms with E-state index < -0.39 is 5.60 Å². The van der Waals surface area contributed by atoms with Crippen LogP contribution in [0.3, 0.4) is 0 Å². The van der Waals surface area contributed by atoms with E-state index >= 15 is 0 Å². The van der Waals surface area contributed by atoms with Crippen LogP contribution in [0.5, 0.6) is 11.5 Å². The first-order valence-electron chi connectivity index (χ1n) is 10.4. The van der Waals surface area contributed by atoms with Gasteiger partial charge in [0.1, 0.15) is 11.5 Å². The third kappa shape index (κ3) is 5.17. The Balaban J connectivity index is 1.62. The van der Waals surface area contributed by atoms with Crippen LogP contribution >= 0.6 is 0 Å². The van der Waals surface area contributed by atoms with Gasteiger partial charge in [0.15, 0.2) is 5.60 Å². The Kier molecular flexibility index (Phi) is 6.85. The fraction of sp³-hybridized carbons (Fsp3) is 0.417. The molecule has 1 atom stereocenters. The maximum absolute atomic E-state index is 12.9. The van der Waals surface area contributed by atoms with Gasteiger partial charge in [0, 0.05) is 19.5 Å². The van der Waals surface area contributed by atoms with Crippen LogP contribution in [-0.2, 0) is 9.59 Å². The van der Waals surface area contributed by atoms with Gasteiger partial charge in [0.05, 0.1) is 18.8 Å². The van der Waals surface area contributed by atoms with Crippen molar-refractivity contribution in [3.63, 3.8) is 0 Å². The number of anilines is 1. The average molecular weight is 426 g/mol. The number of methoxy groups -OCH3 is 1. The quantitative estimate of drug-likeness (QED) is 0.704. The number of para-hydroxylation sites is 2. The predicted molar refractivity (Wildman–Crippen MR) is 121 cm³/mol. The van der Waals surface area contributed by atoms with E-state index in [4.69, 9.17) is 9.47 Å². The van der Waals surface area contributed by atoms with Crippen LogP contribution < -0.4 is 19.7 Å². The van der Waals surface area contributed by atoms with Gasteiger partial charge < -0.3 is 24.6 Å². The monoisotopic (exact) mass is 425 g/mol. The molecule has 2 aromatic rings. The minimum Gasteiger partial charge on any atom is -0.497 e. The standard InChI is InChI=1S/C24H31N3O4/c1-24(2)23(29)27(19-8-6-7-9-21(19)31-24)15-14-22(28)25-16-20(26(3)4)17-10-12-18(30-5)13-11-17/h6-13,20H,14-16H2,1-5H3,(H,25,28). The van der Waals surface area contributed by atoms with Gasteiger partial charge in [-0.1, -0.05) is 24.3 Å². The van der Waals surface area contributed by atoms with E-state index in [0.717, 1.165) is 11.3 Å². The number of amides is 2. The first kappa shape index (κ1) is 22.6. The third-order valence-electron chi connectivity index (χ3n) is 5.46. The van der Waals surface area contributed by atoms with Gasteiger partial charge in [-0.3, -0.25) is 9.59 Å². The van der Waals surface area contributed by atoms with Crippen molar-refractivity contribution >= 4 is 17.5 Å². The zero-order valence-corrected chi connectivity index (χ0v) is 18.8. The lowest BCUT2D eigenvalue weighted by molar-refractivity contribution is -0.132. The summed E-state index contributed by atoms with van der Waals surface area (Å²) in [5.74, 6) is 1.20. The molecule has 31 heavy (non-hydrogen) atoms. The van der Waals surface area contributed by atoms with Crippen molar-refractivity contribution in [3.05, 3.63) is 54.1 Å². The molecule has 1 N–H and O–H groups in total. The normalized spacial score (nSPS) is 15.8. The zero-order valence-electron chi connectivity index (χ0n) is 18.8. The van der Waals surface area contributed by atoms with Crippen LogP contribution in [0, 0.1) is 0 Å². The Hall–Kier alpha value is -3.06. The second-order valence-electron chi connectivity index (χ2n) is 8.34. The van der Waals surface area contributed by atoms with Crippen molar-refractivity contribution in [2.45, 2.75) is 31.9 Å². The highest BCUT2D eigenvalue weighted by Crippen LogP contribution is 2.37. The number of hydrogen-bond donors (Lipinski definition) is 1. The van der Waals surface area contributed by atoms with E-state index in [0.29, 0.717) is 24.5 Å². The summed E-state index contributed by atoms with van der Waals surface area (Å²) < 4.78 is 11.1.